The van der Waals surface area contributed by atoms with Gasteiger partial charge in [-0.2, -0.15) is 12.6 Å². The van der Waals surface area contributed by atoms with E-state index in [-0.39, 0.29) is 0 Å². The third-order valence-electron chi connectivity index (χ3n) is 2.61. The molecule has 0 spiro atoms. The van der Waals surface area contributed by atoms with Crippen molar-refractivity contribution in [2.45, 2.75) is 19.1 Å². The van der Waals surface area contributed by atoms with Crippen molar-refractivity contribution in [3.8, 4) is 5.75 Å². The average Bonchev–Trinajstić information content (AvgIpc) is 2.70. The van der Waals surface area contributed by atoms with E-state index in [9.17, 15) is 0 Å². The maximum absolute atomic E-state index is 5.34. The highest BCUT2D eigenvalue weighted by molar-refractivity contribution is 7.79. The summed E-state index contributed by atoms with van der Waals surface area (Å²) in [7, 11) is 1.70. The van der Waals surface area contributed by atoms with Crippen LogP contribution >= 0.6 is 24.0 Å². The van der Waals surface area contributed by atoms with E-state index < -0.39 is 0 Å². The number of hydrogen-bond donors (Lipinski definition) is 1. The molecule has 1 aromatic carbocycles. The number of hydrogen-bond acceptors (Lipinski definition) is 4. The summed E-state index contributed by atoms with van der Waals surface area (Å²) in [5, 5.41) is 1.12. The fourth-order valence-corrected chi connectivity index (χ4v) is 3.10. The van der Waals surface area contributed by atoms with Crippen LogP contribution in [0.3, 0.4) is 0 Å². The molecule has 0 radical (unpaired) electrons. The first-order valence-corrected chi connectivity index (χ1v) is 6.87. The predicted octanol–water partition coefficient (Wildman–Crippen LogP) is 3.48. The van der Waals surface area contributed by atoms with Gasteiger partial charge in [0.05, 0.1) is 17.8 Å². The van der Waals surface area contributed by atoms with Crippen LogP contribution in [0.4, 0.5) is 0 Å². The fourth-order valence-electron chi connectivity index (χ4n) is 1.72. The number of aryl methyl sites for hydroxylation is 1. The van der Waals surface area contributed by atoms with E-state index in [2.05, 4.69) is 23.7 Å². The first-order valence-electron chi connectivity index (χ1n) is 5.42. The van der Waals surface area contributed by atoms with Gasteiger partial charge in [-0.25, -0.2) is 4.98 Å². The molecule has 0 fully saturated rings. The van der Waals surface area contributed by atoms with Gasteiger partial charge in [-0.1, -0.05) is 18.2 Å². The van der Waals surface area contributed by atoms with Gasteiger partial charge in [-0.15, -0.1) is 11.3 Å². The molecule has 0 unspecified atom stereocenters. The van der Waals surface area contributed by atoms with Crippen LogP contribution in [0, 0.1) is 6.92 Å². The Morgan fingerprint density at radius 1 is 1.35 bits per heavy atom. The minimum atomic E-state index is 0.759. The van der Waals surface area contributed by atoms with Gasteiger partial charge in [0.1, 0.15) is 5.75 Å². The second-order valence-corrected chi connectivity index (χ2v) is 5.25. The highest BCUT2D eigenvalue weighted by Crippen LogP contribution is 2.25. The summed E-state index contributed by atoms with van der Waals surface area (Å²) in [6.45, 7) is 2.04. The zero-order valence-electron chi connectivity index (χ0n) is 9.93. The lowest BCUT2D eigenvalue weighted by Crippen LogP contribution is -1.92. The summed E-state index contributed by atoms with van der Waals surface area (Å²) >= 11 is 6.03. The highest BCUT2D eigenvalue weighted by atomic mass is 32.1. The monoisotopic (exact) mass is 265 g/mol. The van der Waals surface area contributed by atoms with Gasteiger partial charge in [0.25, 0.3) is 0 Å². The molecule has 2 aromatic rings. The number of methoxy groups -OCH3 is 1. The molecule has 0 aliphatic heterocycles. The summed E-state index contributed by atoms with van der Waals surface area (Å²) in [5.74, 6) is 1.68. The molecule has 90 valence electrons. The molecule has 0 aliphatic carbocycles. The molecule has 2 nitrogen and oxygen atoms in total. The Morgan fingerprint density at radius 3 is 2.76 bits per heavy atom. The van der Waals surface area contributed by atoms with Crippen LogP contribution in [0.15, 0.2) is 24.3 Å². The number of nitrogens with zero attached hydrogens (tertiary/aromatic N) is 1. The molecule has 2 rings (SSSR count). The van der Waals surface area contributed by atoms with E-state index in [4.69, 9.17) is 4.74 Å². The number of aromatic nitrogens is 1. The van der Waals surface area contributed by atoms with E-state index in [0.29, 0.717) is 0 Å². The fraction of sp³-hybridized carbons (Fsp3) is 0.308. The van der Waals surface area contributed by atoms with E-state index in [1.54, 1.807) is 18.4 Å². The maximum Gasteiger partial charge on any atom is 0.122 e. The first kappa shape index (κ1) is 12.5. The smallest absolute Gasteiger partial charge is 0.122 e. The third-order valence-corrected chi connectivity index (χ3v) is 4.30. The summed E-state index contributed by atoms with van der Waals surface area (Å²) < 4.78 is 5.34. The normalized spacial score (nSPS) is 10.5. The SMILES string of the molecule is COc1ccccc1Cc1nc(C)c(CS)s1. The molecule has 0 bridgehead atoms. The van der Waals surface area contributed by atoms with Gasteiger partial charge in [0.15, 0.2) is 0 Å². The van der Waals surface area contributed by atoms with Crippen LogP contribution in [0.2, 0.25) is 0 Å². The molecule has 0 amide bonds. The third kappa shape index (κ3) is 2.82. The molecular weight excluding hydrogens is 250 g/mol. The molecule has 0 saturated carbocycles. The molecule has 0 saturated heterocycles. The van der Waals surface area contributed by atoms with Crippen molar-refractivity contribution in [2.24, 2.45) is 0 Å². The molecular formula is C13H15NOS2. The van der Waals surface area contributed by atoms with Crippen molar-refractivity contribution >= 4 is 24.0 Å². The Kier molecular flexibility index (Phi) is 4.07. The Morgan fingerprint density at radius 2 is 2.12 bits per heavy atom. The minimum Gasteiger partial charge on any atom is -0.496 e. The van der Waals surface area contributed by atoms with Crippen molar-refractivity contribution < 1.29 is 4.74 Å². The van der Waals surface area contributed by atoms with Crippen molar-refractivity contribution in [3.63, 3.8) is 0 Å². The van der Waals surface area contributed by atoms with Gasteiger partial charge >= 0.3 is 0 Å². The predicted molar refractivity (Wildman–Crippen MR) is 75.3 cm³/mol. The molecule has 0 aliphatic rings. The second kappa shape index (κ2) is 5.56. The topological polar surface area (TPSA) is 22.1 Å². The minimum absolute atomic E-state index is 0.759. The van der Waals surface area contributed by atoms with Crippen molar-refractivity contribution in [1.82, 2.24) is 4.98 Å². The summed E-state index contributed by atoms with van der Waals surface area (Å²) in [6.07, 6.45) is 0.823. The maximum atomic E-state index is 5.34. The Hall–Kier alpha value is -1.000. The standard InChI is InChI=1S/C13H15NOS2/c1-9-12(8-16)17-13(14-9)7-10-5-3-4-6-11(10)15-2/h3-6,16H,7-8H2,1-2H3. The molecule has 1 aromatic heterocycles. The van der Waals surface area contributed by atoms with E-state index in [0.717, 1.165) is 28.6 Å². The Bertz CT molecular complexity index is 508. The van der Waals surface area contributed by atoms with Crippen molar-refractivity contribution in [1.29, 1.82) is 0 Å². The second-order valence-electron chi connectivity index (χ2n) is 3.76. The number of para-hydroxylation sites is 1. The Labute approximate surface area is 111 Å². The number of thiazole rings is 1. The summed E-state index contributed by atoms with van der Waals surface area (Å²) in [5.41, 5.74) is 2.27. The highest BCUT2D eigenvalue weighted by Gasteiger charge is 2.09. The average molecular weight is 265 g/mol. The van der Waals surface area contributed by atoms with E-state index in [1.807, 2.05) is 25.1 Å². The molecule has 4 heteroatoms. The quantitative estimate of drug-likeness (QED) is 0.855. The zero-order chi connectivity index (χ0) is 12.3. The number of benzene rings is 1. The summed E-state index contributed by atoms with van der Waals surface area (Å²) in [6, 6.07) is 8.07. The lowest BCUT2D eigenvalue weighted by atomic mass is 10.1. The molecule has 0 atom stereocenters. The number of thiol groups is 1. The number of rotatable bonds is 4. The summed E-state index contributed by atoms with van der Waals surface area (Å²) in [4.78, 5) is 5.81. The largest absolute Gasteiger partial charge is 0.496 e. The molecule has 1 heterocycles. The lowest BCUT2D eigenvalue weighted by molar-refractivity contribution is 0.410. The van der Waals surface area contributed by atoms with E-state index in [1.165, 1.54) is 10.4 Å². The van der Waals surface area contributed by atoms with E-state index >= 15 is 0 Å². The van der Waals surface area contributed by atoms with Crippen LogP contribution in [0.25, 0.3) is 0 Å². The number of ether oxygens (including phenoxy) is 1. The molecule has 0 N–H and O–H groups in total. The van der Waals surface area contributed by atoms with Gasteiger partial charge in [-0.05, 0) is 13.0 Å². The van der Waals surface area contributed by atoms with Crippen LogP contribution in [0.5, 0.6) is 5.75 Å². The van der Waals surface area contributed by atoms with Gasteiger partial charge < -0.3 is 4.74 Å². The van der Waals surface area contributed by atoms with Gasteiger partial charge in [0.2, 0.25) is 0 Å². The van der Waals surface area contributed by atoms with Gasteiger partial charge in [0, 0.05) is 22.6 Å². The zero-order valence-corrected chi connectivity index (χ0v) is 11.6. The van der Waals surface area contributed by atoms with Crippen LogP contribution in [0.1, 0.15) is 21.1 Å². The van der Waals surface area contributed by atoms with Crippen molar-refractivity contribution in [2.75, 3.05) is 7.11 Å². The first-order chi connectivity index (χ1) is 8.24. The van der Waals surface area contributed by atoms with Crippen molar-refractivity contribution in [3.05, 3.63) is 45.4 Å². The lowest BCUT2D eigenvalue weighted by Gasteiger charge is -2.05. The van der Waals surface area contributed by atoms with Crippen LogP contribution < -0.4 is 4.74 Å². The van der Waals surface area contributed by atoms with Crippen LogP contribution in [-0.2, 0) is 12.2 Å². The molecule has 17 heavy (non-hydrogen) atoms. The Balaban J connectivity index is 2.25. The van der Waals surface area contributed by atoms with Gasteiger partial charge in [-0.3, -0.25) is 0 Å². The van der Waals surface area contributed by atoms with Crippen LogP contribution in [-0.4, -0.2) is 12.1 Å².